The minimum absolute atomic E-state index is 0.162. The quantitative estimate of drug-likeness (QED) is 0.477. The van der Waals surface area contributed by atoms with Gasteiger partial charge in [-0.3, -0.25) is 0 Å². The van der Waals surface area contributed by atoms with E-state index in [4.69, 9.17) is 0 Å². The van der Waals surface area contributed by atoms with Gasteiger partial charge in [-0.2, -0.15) is 0 Å². The Balaban J connectivity index is 2.42. The van der Waals surface area contributed by atoms with Crippen molar-refractivity contribution >= 4 is 48.9 Å². The van der Waals surface area contributed by atoms with E-state index in [1.54, 1.807) is 6.80 Å². The Kier molecular flexibility index (Phi) is 1.74. The summed E-state index contributed by atoms with van der Waals surface area (Å²) in [5.41, 5.74) is 1.31. The van der Waals surface area contributed by atoms with E-state index in [-0.39, 0.29) is 20.4 Å². The van der Waals surface area contributed by atoms with Gasteiger partial charge >= 0.3 is 103 Å². The molecule has 0 aliphatic carbocycles. The van der Waals surface area contributed by atoms with Gasteiger partial charge in [0.1, 0.15) is 0 Å². The zero-order valence-electron chi connectivity index (χ0n) is 8.53. The summed E-state index contributed by atoms with van der Waals surface area (Å²) in [7, 11) is 0. The van der Waals surface area contributed by atoms with Crippen LogP contribution in [0.4, 0.5) is 0 Å². The van der Waals surface area contributed by atoms with Gasteiger partial charge in [0, 0.05) is 0 Å². The summed E-state index contributed by atoms with van der Waals surface area (Å²) >= 11 is -0.162. The minimum atomic E-state index is -0.162. The molecule has 4 aromatic rings. The molecule has 0 atom stereocenters. The molecule has 0 radical (unpaired) electrons. The van der Waals surface area contributed by atoms with E-state index in [1.165, 1.54) is 21.7 Å². The van der Waals surface area contributed by atoms with E-state index in [9.17, 15) is 0 Å². The van der Waals surface area contributed by atoms with Crippen molar-refractivity contribution in [3.8, 4) is 0 Å². The van der Waals surface area contributed by atoms with E-state index in [2.05, 4.69) is 47.4 Å². The first kappa shape index (κ1) is 8.87. The summed E-state index contributed by atoms with van der Waals surface area (Å²) in [6.45, 7) is 0. The first-order valence-corrected chi connectivity index (χ1v) is 7.64. The average Bonchev–Trinajstić information content (AvgIpc) is 2.91. The summed E-state index contributed by atoms with van der Waals surface area (Å²) in [4.78, 5) is 3.38. The van der Waals surface area contributed by atoms with Crippen LogP contribution >= 0.6 is 0 Å². The molecule has 4 rings (SSSR count). The van der Waals surface area contributed by atoms with E-state index < -0.39 is 0 Å². The topological polar surface area (TPSA) is 15.8 Å². The van der Waals surface area contributed by atoms with Gasteiger partial charge in [-0.25, -0.2) is 0 Å². The van der Waals surface area contributed by atoms with Crippen LogP contribution in [0, 0.1) is 0 Å². The van der Waals surface area contributed by atoms with Crippen molar-refractivity contribution in [2.75, 3.05) is 0 Å². The van der Waals surface area contributed by atoms with Crippen molar-refractivity contribution in [3.05, 3.63) is 48.7 Å². The number of nitrogens with one attached hydrogen (secondary N) is 1. The Hall–Kier alpha value is -1.23. The Labute approximate surface area is 102 Å². The number of fused-ring (bicyclic) bond motifs is 5. The third kappa shape index (κ3) is 1.06. The molecular formula is C14H9NTe. The van der Waals surface area contributed by atoms with Gasteiger partial charge in [-0.05, 0) is 0 Å². The van der Waals surface area contributed by atoms with E-state index in [1.807, 2.05) is 6.20 Å². The zero-order chi connectivity index (χ0) is 10.5. The van der Waals surface area contributed by atoms with Gasteiger partial charge in [0.05, 0.1) is 0 Å². The molecule has 0 spiro atoms. The molecule has 0 saturated carbocycles. The normalized spacial score (nSPS) is 11.8. The Bertz CT molecular complexity index is 807. The van der Waals surface area contributed by atoms with Crippen molar-refractivity contribution in [1.29, 1.82) is 0 Å². The van der Waals surface area contributed by atoms with Gasteiger partial charge < -0.3 is 0 Å². The Morgan fingerprint density at radius 2 is 1.81 bits per heavy atom. The monoisotopic (exact) mass is 321 g/mol. The molecule has 0 aliphatic heterocycles. The predicted molar refractivity (Wildman–Crippen MR) is 70.3 cm³/mol. The Morgan fingerprint density at radius 1 is 0.875 bits per heavy atom. The number of aromatic nitrogens is 1. The van der Waals surface area contributed by atoms with Crippen LogP contribution in [0.2, 0.25) is 0 Å². The molecule has 2 aromatic carbocycles. The second-order valence-corrected chi connectivity index (χ2v) is 7.07. The van der Waals surface area contributed by atoms with Crippen LogP contribution < -0.4 is 0 Å². The third-order valence-electron chi connectivity index (χ3n) is 3.07. The second kappa shape index (κ2) is 3.13. The van der Waals surface area contributed by atoms with Crippen LogP contribution in [0.25, 0.3) is 28.5 Å². The SMILES string of the molecule is c1ccc2c(c1)[te]c1ccc3cc[nH]c3c12. The van der Waals surface area contributed by atoms with Crippen LogP contribution in [0.3, 0.4) is 0 Å². The summed E-state index contributed by atoms with van der Waals surface area (Å²) in [6, 6.07) is 15.5. The number of H-pyrrole nitrogens is 1. The number of benzene rings is 2. The number of aromatic amines is 1. The standard InChI is InChI=1S/C14H9NTe/c1-2-4-11-10(3-1)13-12(16-11)6-5-9-7-8-15-14(9)13/h1-8,15H. The van der Waals surface area contributed by atoms with Crippen molar-refractivity contribution in [2.24, 2.45) is 0 Å². The Morgan fingerprint density at radius 3 is 2.81 bits per heavy atom. The summed E-state index contributed by atoms with van der Waals surface area (Å²) in [5, 5.41) is 4.23. The van der Waals surface area contributed by atoms with Crippen molar-refractivity contribution < 1.29 is 0 Å². The number of hydrogen-bond acceptors (Lipinski definition) is 0. The average molecular weight is 319 g/mol. The molecule has 0 fully saturated rings. The summed E-state index contributed by atoms with van der Waals surface area (Å²) in [6.07, 6.45) is 2.03. The van der Waals surface area contributed by atoms with Crippen LogP contribution in [-0.4, -0.2) is 25.4 Å². The van der Waals surface area contributed by atoms with Gasteiger partial charge in [0.15, 0.2) is 0 Å². The van der Waals surface area contributed by atoms with Crippen LogP contribution in [-0.2, 0) is 0 Å². The molecule has 1 N–H and O–H groups in total. The molecule has 16 heavy (non-hydrogen) atoms. The fourth-order valence-corrected chi connectivity index (χ4v) is 5.52. The molecule has 0 aliphatic rings. The molecule has 0 saturated heterocycles. The maximum atomic E-state index is 3.38. The van der Waals surface area contributed by atoms with Crippen molar-refractivity contribution in [1.82, 2.24) is 4.98 Å². The molecule has 0 bridgehead atoms. The molecule has 0 amide bonds. The molecule has 0 unspecified atom stereocenters. The van der Waals surface area contributed by atoms with Crippen LogP contribution in [0.5, 0.6) is 0 Å². The third-order valence-corrected chi connectivity index (χ3v) is 6.31. The van der Waals surface area contributed by atoms with Gasteiger partial charge in [0.25, 0.3) is 0 Å². The zero-order valence-corrected chi connectivity index (χ0v) is 10.9. The first-order chi connectivity index (χ1) is 7.93. The number of hydrogen-bond donors (Lipinski definition) is 1. The maximum absolute atomic E-state index is 3.38. The fraction of sp³-hybridized carbons (Fsp3) is 0. The van der Waals surface area contributed by atoms with Crippen LogP contribution in [0.1, 0.15) is 0 Å². The summed E-state index contributed by atoms with van der Waals surface area (Å²) in [5.74, 6) is 0. The molecule has 2 heteroatoms. The van der Waals surface area contributed by atoms with E-state index in [0.717, 1.165) is 0 Å². The van der Waals surface area contributed by atoms with Crippen LogP contribution in [0.15, 0.2) is 48.7 Å². The molecule has 76 valence electrons. The molecule has 2 aromatic heterocycles. The van der Waals surface area contributed by atoms with E-state index in [0.29, 0.717) is 0 Å². The van der Waals surface area contributed by atoms with Gasteiger partial charge in [-0.15, -0.1) is 0 Å². The number of rotatable bonds is 0. The van der Waals surface area contributed by atoms with E-state index >= 15 is 0 Å². The molecule has 2 heterocycles. The van der Waals surface area contributed by atoms with Crippen molar-refractivity contribution in [2.45, 2.75) is 0 Å². The fourth-order valence-electron chi connectivity index (χ4n) is 2.34. The molecule has 1 nitrogen and oxygen atoms in total. The predicted octanol–water partition coefficient (Wildman–Crippen LogP) is 3.53. The summed E-state index contributed by atoms with van der Waals surface area (Å²) < 4.78 is 3.14. The van der Waals surface area contributed by atoms with Crippen molar-refractivity contribution in [3.63, 3.8) is 0 Å². The second-order valence-electron chi connectivity index (χ2n) is 3.98. The first-order valence-electron chi connectivity index (χ1n) is 5.31. The van der Waals surface area contributed by atoms with Gasteiger partial charge in [-0.1, -0.05) is 0 Å². The van der Waals surface area contributed by atoms with Gasteiger partial charge in [0.2, 0.25) is 0 Å². The molecular weight excluding hydrogens is 310 g/mol.